The SMILES string of the molecule is CCCCS(=O)(=O)CC(NC(=O)c1cccnc1)C(=O)NC(Cc1cc(F)cc(F)c1)C(O)C(O)CC(=O)NCc1ccccc1. The van der Waals surface area contributed by atoms with Crippen molar-refractivity contribution in [1.29, 1.82) is 0 Å². The van der Waals surface area contributed by atoms with E-state index in [0.29, 0.717) is 18.9 Å². The van der Waals surface area contributed by atoms with Gasteiger partial charge in [-0.05, 0) is 48.2 Å². The molecule has 0 aliphatic carbocycles. The molecule has 4 atom stereocenters. The van der Waals surface area contributed by atoms with Gasteiger partial charge in [-0.25, -0.2) is 17.2 Å². The number of sulfone groups is 1. The number of hydrogen-bond donors (Lipinski definition) is 5. The Bertz CT molecular complexity index is 1540. The molecule has 1 aromatic heterocycles. The Hall–Kier alpha value is -4.27. The lowest BCUT2D eigenvalue weighted by Crippen LogP contribution is -2.57. The number of hydrogen-bond acceptors (Lipinski definition) is 8. The van der Waals surface area contributed by atoms with Crippen LogP contribution in [0.25, 0.3) is 0 Å². The van der Waals surface area contributed by atoms with Crippen LogP contribution in [0.4, 0.5) is 8.78 Å². The fraction of sp³-hybridized carbons (Fsp3) is 0.375. The van der Waals surface area contributed by atoms with Crippen molar-refractivity contribution in [3.8, 4) is 0 Å². The van der Waals surface area contributed by atoms with Gasteiger partial charge in [0.05, 0.1) is 35.6 Å². The Morgan fingerprint density at radius 2 is 1.63 bits per heavy atom. The van der Waals surface area contributed by atoms with Crippen LogP contribution in [-0.2, 0) is 32.4 Å². The number of unbranched alkanes of at least 4 members (excludes halogenated alkanes) is 1. The fourth-order valence-electron chi connectivity index (χ4n) is 4.59. The van der Waals surface area contributed by atoms with Crippen molar-refractivity contribution in [3.05, 3.63) is 101 Å². The van der Waals surface area contributed by atoms with Crippen LogP contribution >= 0.6 is 0 Å². The maximum absolute atomic E-state index is 14.0. The van der Waals surface area contributed by atoms with Gasteiger partial charge in [0.25, 0.3) is 5.91 Å². The monoisotopic (exact) mass is 660 g/mol. The third-order valence-electron chi connectivity index (χ3n) is 7.01. The normalized spacial score (nSPS) is 14.0. The van der Waals surface area contributed by atoms with E-state index >= 15 is 0 Å². The number of benzene rings is 2. The molecule has 0 aliphatic rings. The zero-order valence-electron chi connectivity index (χ0n) is 25.2. The predicted molar refractivity (Wildman–Crippen MR) is 166 cm³/mol. The van der Waals surface area contributed by atoms with E-state index in [2.05, 4.69) is 20.9 Å². The van der Waals surface area contributed by atoms with E-state index in [1.807, 2.05) is 0 Å². The van der Waals surface area contributed by atoms with Gasteiger partial charge in [0.15, 0.2) is 9.84 Å². The number of carbonyl (C=O) groups excluding carboxylic acids is 3. The first-order valence-corrected chi connectivity index (χ1v) is 16.5. The van der Waals surface area contributed by atoms with Gasteiger partial charge in [-0.3, -0.25) is 19.4 Å². The zero-order chi connectivity index (χ0) is 33.7. The maximum Gasteiger partial charge on any atom is 0.253 e. The lowest BCUT2D eigenvalue weighted by atomic mass is 9.95. The highest BCUT2D eigenvalue weighted by Crippen LogP contribution is 2.15. The molecule has 0 bridgehead atoms. The van der Waals surface area contributed by atoms with Gasteiger partial charge in [-0.15, -0.1) is 0 Å². The summed E-state index contributed by atoms with van der Waals surface area (Å²) >= 11 is 0. The van der Waals surface area contributed by atoms with Crippen LogP contribution in [0, 0.1) is 11.6 Å². The predicted octanol–water partition coefficient (Wildman–Crippen LogP) is 1.83. The minimum atomic E-state index is -3.86. The van der Waals surface area contributed by atoms with Crippen molar-refractivity contribution in [2.75, 3.05) is 11.5 Å². The highest BCUT2D eigenvalue weighted by molar-refractivity contribution is 7.91. The Balaban J connectivity index is 1.83. The van der Waals surface area contributed by atoms with Gasteiger partial charge in [-0.2, -0.15) is 0 Å². The molecule has 2 aromatic carbocycles. The maximum atomic E-state index is 14.0. The van der Waals surface area contributed by atoms with E-state index in [-0.39, 0.29) is 23.4 Å². The highest BCUT2D eigenvalue weighted by Gasteiger charge is 2.34. The molecule has 0 radical (unpaired) electrons. The molecule has 4 unspecified atom stereocenters. The summed E-state index contributed by atoms with van der Waals surface area (Å²) in [7, 11) is -3.86. The molecule has 3 amide bonds. The lowest BCUT2D eigenvalue weighted by molar-refractivity contribution is -0.127. The Labute approximate surface area is 266 Å². The van der Waals surface area contributed by atoms with Crippen LogP contribution in [-0.4, -0.2) is 77.1 Å². The van der Waals surface area contributed by atoms with Crippen molar-refractivity contribution < 1.29 is 41.8 Å². The molecule has 248 valence electrons. The molecular formula is C32H38F2N4O7S. The quantitative estimate of drug-likeness (QED) is 0.146. The summed E-state index contributed by atoms with van der Waals surface area (Å²) in [6.45, 7) is 1.94. The molecule has 3 aromatic rings. The van der Waals surface area contributed by atoms with E-state index in [0.717, 1.165) is 17.7 Å². The smallest absolute Gasteiger partial charge is 0.253 e. The summed E-state index contributed by atoms with van der Waals surface area (Å²) in [6, 6.07) is 11.2. The van der Waals surface area contributed by atoms with Gasteiger partial charge in [-0.1, -0.05) is 43.7 Å². The Morgan fingerprint density at radius 1 is 0.935 bits per heavy atom. The van der Waals surface area contributed by atoms with Crippen LogP contribution in [0.15, 0.2) is 73.1 Å². The van der Waals surface area contributed by atoms with E-state index in [9.17, 15) is 41.8 Å². The summed E-state index contributed by atoms with van der Waals surface area (Å²) in [5.74, 6) is -5.36. The fourth-order valence-corrected chi connectivity index (χ4v) is 6.23. The number of rotatable bonds is 17. The second-order valence-corrected chi connectivity index (χ2v) is 13.1. The Morgan fingerprint density at radius 3 is 2.26 bits per heavy atom. The minimum Gasteiger partial charge on any atom is -0.390 e. The molecule has 3 rings (SSSR count). The molecule has 14 heteroatoms. The average Bonchev–Trinajstić information content (AvgIpc) is 3.02. The third kappa shape index (κ3) is 11.9. The average molecular weight is 661 g/mol. The number of nitrogens with zero attached hydrogens (tertiary/aromatic N) is 1. The first kappa shape index (κ1) is 36.2. The van der Waals surface area contributed by atoms with Crippen molar-refractivity contribution in [3.63, 3.8) is 0 Å². The Kier molecular flexibility index (Phi) is 13.7. The highest BCUT2D eigenvalue weighted by atomic mass is 32.2. The topological polar surface area (TPSA) is 175 Å². The summed E-state index contributed by atoms with van der Waals surface area (Å²) in [5.41, 5.74) is 0.835. The number of amides is 3. The summed E-state index contributed by atoms with van der Waals surface area (Å²) in [6.07, 6.45) is -1.10. The second-order valence-electron chi connectivity index (χ2n) is 10.9. The zero-order valence-corrected chi connectivity index (χ0v) is 26.1. The van der Waals surface area contributed by atoms with Crippen molar-refractivity contribution >= 4 is 27.6 Å². The van der Waals surface area contributed by atoms with Gasteiger partial charge < -0.3 is 26.2 Å². The molecule has 46 heavy (non-hydrogen) atoms. The van der Waals surface area contributed by atoms with Crippen molar-refractivity contribution in [1.82, 2.24) is 20.9 Å². The first-order chi connectivity index (χ1) is 21.9. The van der Waals surface area contributed by atoms with E-state index < -0.39 is 82.1 Å². The number of aliphatic hydroxyl groups excluding tert-OH is 2. The number of pyridine rings is 1. The number of aromatic nitrogens is 1. The van der Waals surface area contributed by atoms with E-state index in [4.69, 9.17) is 0 Å². The van der Waals surface area contributed by atoms with Crippen molar-refractivity contribution in [2.24, 2.45) is 0 Å². The second kappa shape index (κ2) is 17.4. The molecule has 1 heterocycles. The van der Waals surface area contributed by atoms with Crippen LogP contribution < -0.4 is 16.0 Å². The van der Waals surface area contributed by atoms with Crippen LogP contribution in [0.3, 0.4) is 0 Å². The summed E-state index contributed by atoms with van der Waals surface area (Å²) in [4.78, 5) is 42.9. The van der Waals surface area contributed by atoms with Crippen LogP contribution in [0.1, 0.15) is 47.7 Å². The molecule has 0 fully saturated rings. The van der Waals surface area contributed by atoms with Gasteiger partial charge in [0.1, 0.15) is 23.8 Å². The van der Waals surface area contributed by atoms with E-state index in [1.54, 1.807) is 37.3 Å². The van der Waals surface area contributed by atoms with Gasteiger partial charge in [0, 0.05) is 25.0 Å². The summed E-state index contributed by atoms with van der Waals surface area (Å²) in [5, 5.41) is 29.3. The summed E-state index contributed by atoms with van der Waals surface area (Å²) < 4.78 is 53.7. The number of aliphatic hydroxyl groups is 2. The molecular weight excluding hydrogens is 622 g/mol. The number of carbonyl (C=O) groups is 3. The molecule has 0 saturated heterocycles. The molecule has 0 aliphatic heterocycles. The lowest BCUT2D eigenvalue weighted by Gasteiger charge is -2.29. The first-order valence-electron chi connectivity index (χ1n) is 14.7. The minimum absolute atomic E-state index is 0.00547. The van der Waals surface area contributed by atoms with Crippen molar-refractivity contribution in [2.45, 2.75) is 63.4 Å². The van der Waals surface area contributed by atoms with Gasteiger partial charge >= 0.3 is 0 Å². The largest absolute Gasteiger partial charge is 0.390 e. The standard InChI is InChI=1S/C32H38F2N4O7S/c1-2-3-12-46(44,45)20-27(38-31(42)23-10-7-11-35-19-23)32(43)37-26(15-22-13-24(33)16-25(34)14-22)30(41)28(39)17-29(40)36-18-21-8-5-4-6-9-21/h4-11,13-14,16,19,26-28,30,39,41H,2-3,12,15,17-18,20H2,1H3,(H,36,40)(H,37,43)(H,38,42). The molecule has 11 nitrogen and oxygen atoms in total. The van der Waals surface area contributed by atoms with Crippen LogP contribution in [0.2, 0.25) is 0 Å². The molecule has 5 N–H and O–H groups in total. The molecule has 0 spiro atoms. The number of halogens is 2. The molecule has 0 saturated carbocycles. The third-order valence-corrected chi connectivity index (χ3v) is 8.77. The van der Waals surface area contributed by atoms with Crippen LogP contribution in [0.5, 0.6) is 0 Å². The van der Waals surface area contributed by atoms with E-state index in [1.165, 1.54) is 24.5 Å². The number of nitrogens with one attached hydrogen (secondary N) is 3. The van der Waals surface area contributed by atoms with Gasteiger partial charge in [0.2, 0.25) is 11.8 Å².